The molecule has 0 aliphatic carbocycles. The second-order valence-corrected chi connectivity index (χ2v) is 4.63. The molecular weight excluding hydrogens is 274 g/mol. The topological polar surface area (TPSA) is 29.1 Å². The summed E-state index contributed by atoms with van der Waals surface area (Å²) in [7, 11) is 0. The van der Waals surface area contributed by atoms with Crippen LogP contribution >= 0.6 is 0 Å². The molecule has 2 nitrogen and oxygen atoms in total. The van der Waals surface area contributed by atoms with E-state index in [4.69, 9.17) is 0 Å². The number of nitrogens with one attached hydrogen (secondary N) is 1. The number of ketones is 1. The van der Waals surface area contributed by atoms with Gasteiger partial charge in [-0.1, -0.05) is 6.07 Å². The number of benzene rings is 1. The molecule has 0 radical (unpaired) electrons. The first-order chi connectivity index (χ1) is 9.12. The summed E-state index contributed by atoms with van der Waals surface area (Å²) in [4.78, 5) is 11.5. The van der Waals surface area contributed by atoms with Gasteiger partial charge in [-0.25, -0.2) is 4.39 Å². The summed E-state index contributed by atoms with van der Waals surface area (Å²) in [5, 5.41) is 2.86. The lowest BCUT2D eigenvalue weighted by Gasteiger charge is -2.11. The summed E-state index contributed by atoms with van der Waals surface area (Å²) in [5.74, 6) is -1.76. The quantitative estimate of drug-likeness (QED) is 0.675. The van der Waals surface area contributed by atoms with E-state index in [9.17, 15) is 22.4 Å². The summed E-state index contributed by atoms with van der Waals surface area (Å²) >= 11 is 0. The van der Waals surface area contributed by atoms with Crippen molar-refractivity contribution in [3.63, 3.8) is 0 Å². The molecule has 0 atom stereocenters. The number of hydrogen-bond acceptors (Lipinski definition) is 2. The number of hydrogen-bond donors (Lipinski definition) is 1. The highest BCUT2D eigenvalue weighted by atomic mass is 19.4. The predicted octanol–water partition coefficient (Wildman–Crippen LogP) is 3.77. The Balaban J connectivity index is 3.21. The van der Waals surface area contributed by atoms with E-state index in [-0.39, 0.29) is 23.0 Å². The van der Waals surface area contributed by atoms with E-state index in [2.05, 4.69) is 5.32 Å². The maximum Gasteiger partial charge on any atom is 0.419 e. The molecule has 1 N–H and O–H groups in total. The average molecular weight is 289 g/mol. The lowest BCUT2D eigenvalue weighted by Crippen LogP contribution is -2.17. The summed E-state index contributed by atoms with van der Waals surface area (Å²) in [6.07, 6.45) is -3.37. The van der Waals surface area contributed by atoms with Crippen LogP contribution in [0.2, 0.25) is 0 Å². The van der Waals surface area contributed by atoms with Gasteiger partial charge in [0.05, 0.1) is 5.56 Å². The minimum Gasteiger partial charge on any atom is -0.388 e. The zero-order chi connectivity index (χ0) is 15.5. The Morgan fingerprint density at radius 2 is 1.90 bits per heavy atom. The van der Waals surface area contributed by atoms with Gasteiger partial charge in [0.2, 0.25) is 0 Å². The maximum atomic E-state index is 13.5. The van der Waals surface area contributed by atoms with Crippen LogP contribution in [-0.4, -0.2) is 11.8 Å². The molecule has 6 heteroatoms. The molecule has 0 fully saturated rings. The summed E-state index contributed by atoms with van der Waals surface area (Å²) in [5.41, 5.74) is -1.11. The Morgan fingerprint density at radius 3 is 2.30 bits per heavy atom. The van der Waals surface area contributed by atoms with Crippen LogP contribution < -0.4 is 5.32 Å². The van der Waals surface area contributed by atoms with Gasteiger partial charge < -0.3 is 5.32 Å². The van der Waals surface area contributed by atoms with Crippen LogP contribution in [0.5, 0.6) is 0 Å². The van der Waals surface area contributed by atoms with E-state index in [1.54, 1.807) is 0 Å². The first-order valence-electron chi connectivity index (χ1n) is 5.97. The van der Waals surface area contributed by atoms with Gasteiger partial charge in [-0.05, 0) is 38.5 Å². The Morgan fingerprint density at radius 1 is 1.30 bits per heavy atom. The molecule has 0 amide bonds. The van der Waals surface area contributed by atoms with Crippen LogP contribution in [0.1, 0.15) is 31.9 Å². The van der Waals surface area contributed by atoms with Crippen molar-refractivity contribution in [2.24, 2.45) is 0 Å². The van der Waals surface area contributed by atoms with Gasteiger partial charge in [0.25, 0.3) is 0 Å². The molecule has 0 aliphatic rings. The largest absolute Gasteiger partial charge is 0.419 e. The number of carbonyl (C=O) groups excluding carboxylic acids is 1. The molecule has 1 rings (SSSR count). The van der Waals surface area contributed by atoms with Gasteiger partial charge in [0.1, 0.15) is 5.82 Å². The van der Waals surface area contributed by atoms with Gasteiger partial charge in [0, 0.05) is 17.8 Å². The highest BCUT2D eigenvalue weighted by Crippen LogP contribution is 2.32. The molecule has 0 aliphatic heterocycles. The fourth-order valence-electron chi connectivity index (χ4n) is 1.55. The fourth-order valence-corrected chi connectivity index (χ4v) is 1.55. The minimum atomic E-state index is -4.75. The second-order valence-electron chi connectivity index (χ2n) is 4.63. The Hall–Kier alpha value is -1.85. The third-order valence-corrected chi connectivity index (χ3v) is 2.53. The lowest BCUT2D eigenvalue weighted by molar-refractivity contribution is -0.140. The standard InChI is InChI=1S/C14H15F4NO/c1-8(2)19-7-11(9(3)20)10-4-5-12(13(15)6-10)14(16,17)18/h4-8,19H,1-3H3/b11-7+. The molecule has 1 aromatic rings. The van der Waals surface area contributed by atoms with Crippen LogP contribution in [0.25, 0.3) is 5.57 Å². The van der Waals surface area contributed by atoms with Crippen LogP contribution in [0.3, 0.4) is 0 Å². The van der Waals surface area contributed by atoms with E-state index in [0.29, 0.717) is 6.07 Å². The van der Waals surface area contributed by atoms with Crippen molar-refractivity contribution in [3.05, 3.63) is 41.3 Å². The van der Waals surface area contributed by atoms with Crippen molar-refractivity contribution in [1.29, 1.82) is 0 Å². The van der Waals surface area contributed by atoms with Gasteiger partial charge in [-0.15, -0.1) is 0 Å². The van der Waals surface area contributed by atoms with E-state index < -0.39 is 17.6 Å². The first-order valence-corrected chi connectivity index (χ1v) is 5.97. The molecule has 0 heterocycles. The van der Waals surface area contributed by atoms with Gasteiger partial charge >= 0.3 is 6.18 Å². The Bertz CT molecular complexity index is 532. The smallest absolute Gasteiger partial charge is 0.388 e. The molecule has 110 valence electrons. The Kier molecular flexibility index (Phi) is 4.92. The SMILES string of the molecule is CC(=O)/C(=C\NC(C)C)c1ccc(C(F)(F)F)c(F)c1. The van der Waals surface area contributed by atoms with E-state index in [1.807, 2.05) is 13.8 Å². The molecule has 1 aromatic carbocycles. The van der Waals surface area contributed by atoms with E-state index in [0.717, 1.165) is 12.1 Å². The zero-order valence-corrected chi connectivity index (χ0v) is 11.3. The molecule has 0 saturated carbocycles. The van der Waals surface area contributed by atoms with Gasteiger partial charge in [-0.3, -0.25) is 4.79 Å². The van der Waals surface area contributed by atoms with Crippen LogP contribution in [-0.2, 0) is 11.0 Å². The Labute approximate surface area is 114 Å². The number of alkyl halides is 3. The predicted molar refractivity (Wildman–Crippen MR) is 68.3 cm³/mol. The van der Waals surface area contributed by atoms with Gasteiger partial charge in [0.15, 0.2) is 5.78 Å². The van der Waals surface area contributed by atoms with Crippen molar-refractivity contribution >= 4 is 11.4 Å². The zero-order valence-electron chi connectivity index (χ0n) is 11.3. The average Bonchev–Trinajstić information content (AvgIpc) is 2.26. The van der Waals surface area contributed by atoms with E-state index in [1.165, 1.54) is 13.1 Å². The fraction of sp³-hybridized carbons (Fsp3) is 0.357. The molecule has 0 bridgehead atoms. The van der Waals surface area contributed by atoms with Gasteiger partial charge in [-0.2, -0.15) is 13.2 Å². The normalized spacial score (nSPS) is 12.7. The van der Waals surface area contributed by atoms with Crippen molar-refractivity contribution in [3.8, 4) is 0 Å². The molecular formula is C14H15F4NO. The number of carbonyl (C=O) groups is 1. The molecule has 20 heavy (non-hydrogen) atoms. The van der Waals surface area contributed by atoms with Crippen molar-refractivity contribution in [2.45, 2.75) is 33.0 Å². The molecule has 0 aromatic heterocycles. The number of Topliss-reactive ketones (excluding diaryl/α,β-unsaturated/α-hetero) is 1. The third kappa shape index (κ3) is 4.08. The van der Waals surface area contributed by atoms with Crippen LogP contribution in [0, 0.1) is 5.82 Å². The van der Waals surface area contributed by atoms with Crippen molar-refractivity contribution in [1.82, 2.24) is 5.32 Å². The van der Waals surface area contributed by atoms with Crippen LogP contribution in [0.4, 0.5) is 17.6 Å². The number of allylic oxidation sites excluding steroid dienone is 1. The summed E-state index contributed by atoms with van der Waals surface area (Å²) in [6.45, 7) is 4.94. The second kappa shape index (κ2) is 6.07. The minimum absolute atomic E-state index is 0.0450. The maximum absolute atomic E-state index is 13.5. The molecule has 0 unspecified atom stereocenters. The lowest BCUT2D eigenvalue weighted by atomic mass is 10.0. The number of halogens is 4. The van der Waals surface area contributed by atoms with Crippen molar-refractivity contribution < 1.29 is 22.4 Å². The molecule has 0 saturated heterocycles. The molecule has 0 spiro atoms. The highest BCUT2D eigenvalue weighted by molar-refractivity contribution is 6.19. The summed E-state index contributed by atoms with van der Waals surface area (Å²) < 4.78 is 50.9. The van der Waals surface area contributed by atoms with Crippen LogP contribution in [0.15, 0.2) is 24.4 Å². The third-order valence-electron chi connectivity index (χ3n) is 2.53. The first kappa shape index (κ1) is 16.2. The van der Waals surface area contributed by atoms with E-state index >= 15 is 0 Å². The highest BCUT2D eigenvalue weighted by Gasteiger charge is 2.34. The monoisotopic (exact) mass is 289 g/mol. The number of rotatable bonds is 4. The van der Waals surface area contributed by atoms with Crippen molar-refractivity contribution in [2.75, 3.05) is 0 Å². The summed E-state index contributed by atoms with van der Waals surface area (Å²) in [6, 6.07) is 2.49.